The van der Waals surface area contributed by atoms with Crippen LogP contribution in [0.25, 0.3) is 11.4 Å². The Hall–Kier alpha value is -2.60. The number of nitrogens with zero attached hydrogens (tertiary/aromatic N) is 2. The van der Waals surface area contributed by atoms with Gasteiger partial charge in [-0.3, -0.25) is 4.79 Å². The van der Waals surface area contributed by atoms with E-state index in [1.54, 1.807) is 0 Å². The number of hydrogen-bond donors (Lipinski definition) is 1. The van der Waals surface area contributed by atoms with Crippen LogP contribution in [0.5, 0.6) is 0 Å². The van der Waals surface area contributed by atoms with Gasteiger partial charge in [-0.15, -0.1) is 11.8 Å². The van der Waals surface area contributed by atoms with Crippen LogP contribution in [0.2, 0.25) is 0 Å². The summed E-state index contributed by atoms with van der Waals surface area (Å²) in [5.74, 6) is 1.52. The molecule has 128 valence electrons. The fourth-order valence-electron chi connectivity index (χ4n) is 2.17. The Bertz CT molecular complexity index is 831. The van der Waals surface area contributed by atoms with E-state index in [0.29, 0.717) is 17.5 Å². The Labute approximate surface area is 150 Å². The number of anilines is 1. The third kappa shape index (κ3) is 4.70. The van der Waals surface area contributed by atoms with Crippen molar-refractivity contribution in [3.05, 3.63) is 66.1 Å². The number of hydrogen-bond acceptors (Lipinski definition) is 5. The molecule has 0 aliphatic rings. The lowest BCUT2D eigenvalue weighted by atomic mass is 10.1. The first-order valence-corrected chi connectivity index (χ1v) is 9.04. The third-order valence-corrected chi connectivity index (χ3v) is 4.77. The van der Waals surface area contributed by atoms with Gasteiger partial charge in [0, 0.05) is 11.3 Å². The van der Waals surface area contributed by atoms with Crippen LogP contribution in [0, 0.1) is 6.92 Å². The average Bonchev–Trinajstić information content (AvgIpc) is 3.10. The highest BCUT2D eigenvalue weighted by molar-refractivity contribution is 7.99. The molecule has 0 spiro atoms. The fraction of sp³-hybridized carbons (Fsp3) is 0.211. The van der Waals surface area contributed by atoms with Gasteiger partial charge in [-0.1, -0.05) is 53.2 Å². The van der Waals surface area contributed by atoms with E-state index in [2.05, 4.69) is 15.5 Å². The number of benzene rings is 2. The summed E-state index contributed by atoms with van der Waals surface area (Å²) < 4.78 is 5.28. The van der Waals surface area contributed by atoms with Crippen LogP contribution in [-0.4, -0.2) is 21.3 Å². The number of amides is 1. The highest BCUT2D eigenvalue weighted by Gasteiger charge is 2.16. The van der Waals surface area contributed by atoms with E-state index < -0.39 is 0 Å². The molecule has 6 heteroatoms. The van der Waals surface area contributed by atoms with Crippen LogP contribution in [0.4, 0.5) is 5.69 Å². The molecule has 1 N–H and O–H groups in total. The predicted octanol–water partition coefficient (Wildman–Crippen LogP) is 4.31. The number of nitrogens with one attached hydrogen (secondary N) is 1. The van der Waals surface area contributed by atoms with Crippen molar-refractivity contribution in [2.75, 3.05) is 5.32 Å². The first-order valence-electron chi connectivity index (χ1n) is 7.99. The van der Waals surface area contributed by atoms with Crippen molar-refractivity contribution in [1.29, 1.82) is 0 Å². The van der Waals surface area contributed by atoms with Gasteiger partial charge in [0.15, 0.2) is 0 Å². The van der Waals surface area contributed by atoms with Crippen LogP contribution in [0.15, 0.2) is 59.1 Å². The summed E-state index contributed by atoms with van der Waals surface area (Å²) >= 11 is 1.46. The number of rotatable bonds is 6. The fourth-order valence-corrected chi connectivity index (χ4v) is 2.89. The zero-order valence-corrected chi connectivity index (χ0v) is 14.9. The summed E-state index contributed by atoms with van der Waals surface area (Å²) in [5, 5.41) is 6.67. The summed E-state index contributed by atoms with van der Waals surface area (Å²) in [6.45, 7) is 3.89. The highest BCUT2D eigenvalue weighted by Crippen LogP contribution is 2.21. The minimum atomic E-state index is -0.227. The average molecular weight is 353 g/mol. The van der Waals surface area contributed by atoms with Gasteiger partial charge in [0.2, 0.25) is 17.6 Å². The number of thioether (sulfide) groups is 1. The van der Waals surface area contributed by atoms with E-state index in [1.165, 1.54) is 17.3 Å². The molecule has 2 aromatic carbocycles. The van der Waals surface area contributed by atoms with Gasteiger partial charge in [0.1, 0.15) is 0 Å². The van der Waals surface area contributed by atoms with Crippen molar-refractivity contribution >= 4 is 23.4 Å². The van der Waals surface area contributed by atoms with Crippen LogP contribution in [0.3, 0.4) is 0 Å². The van der Waals surface area contributed by atoms with Gasteiger partial charge < -0.3 is 9.84 Å². The maximum Gasteiger partial charge on any atom is 0.237 e. The molecule has 0 aliphatic heterocycles. The van der Waals surface area contributed by atoms with E-state index in [4.69, 9.17) is 4.52 Å². The molecule has 0 bridgehead atoms. The second kappa shape index (κ2) is 7.98. The van der Waals surface area contributed by atoms with Crippen molar-refractivity contribution < 1.29 is 9.32 Å². The number of carbonyl (C=O) groups is 1. The second-order valence-corrected chi connectivity index (χ2v) is 7.02. The van der Waals surface area contributed by atoms with Crippen LogP contribution in [0.1, 0.15) is 18.4 Å². The molecule has 0 saturated carbocycles. The SMILES string of the molecule is Cc1ccc(-c2noc(CS[C@@H](C)C(=O)Nc3ccccc3)n2)cc1. The molecule has 3 aromatic rings. The smallest absolute Gasteiger partial charge is 0.237 e. The Balaban J connectivity index is 1.54. The Morgan fingerprint density at radius 2 is 1.88 bits per heavy atom. The zero-order valence-electron chi connectivity index (χ0n) is 14.1. The van der Waals surface area contributed by atoms with Gasteiger partial charge in [-0.2, -0.15) is 4.98 Å². The Morgan fingerprint density at radius 1 is 1.16 bits per heavy atom. The number of para-hydroxylation sites is 1. The normalized spacial score (nSPS) is 11.9. The summed E-state index contributed by atoms with van der Waals surface area (Å²) in [7, 11) is 0. The maximum atomic E-state index is 12.2. The van der Waals surface area contributed by atoms with E-state index in [-0.39, 0.29) is 11.2 Å². The Morgan fingerprint density at radius 3 is 2.60 bits per heavy atom. The van der Waals surface area contributed by atoms with Gasteiger partial charge in [-0.05, 0) is 26.0 Å². The van der Waals surface area contributed by atoms with Crippen LogP contribution in [-0.2, 0) is 10.5 Å². The molecule has 5 nitrogen and oxygen atoms in total. The highest BCUT2D eigenvalue weighted by atomic mass is 32.2. The Kier molecular flexibility index (Phi) is 5.50. The zero-order chi connectivity index (χ0) is 17.6. The molecule has 0 saturated heterocycles. The molecule has 1 amide bonds. The van der Waals surface area contributed by atoms with E-state index in [0.717, 1.165) is 11.3 Å². The monoisotopic (exact) mass is 353 g/mol. The minimum absolute atomic E-state index is 0.0468. The van der Waals surface area contributed by atoms with Gasteiger partial charge in [0.25, 0.3) is 0 Å². The molecule has 1 heterocycles. The molecular weight excluding hydrogens is 334 g/mol. The van der Waals surface area contributed by atoms with Crippen LogP contribution < -0.4 is 5.32 Å². The second-order valence-electron chi connectivity index (χ2n) is 5.69. The van der Waals surface area contributed by atoms with Crippen molar-refractivity contribution in [3.8, 4) is 11.4 Å². The van der Waals surface area contributed by atoms with Gasteiger partial charge in [-0.25, -0.2) is 0 Å². The molecule has 3 rings (SSSR count). The topological polar surface area (TPSA) is 68.0 Å². The third-order valence-electron chi connectivity index (χ3n) is 3.65. The van der Waals surface area contributed by atoms with E-state index >= 15 is 0 Å². The number of aromatic nitrogens is 2. The van der Waals surface area contributed by atoms with Crippen molar-refractivity contribution in [1.82, 2.24) is 10.1 Å². The molecule has 0 unspecified atom stereocenters. The molecule has 0 fully saturated rings. The van der Waals surface area contributed by atoms with Crippen molar-refractivity contribution in [2.24, 2.45) is 0 Å². The van der Waals surface area contributed by atoms with Gasteiger partial charge >= 0.3 is 0 Å². The lowest BCUT2D eigenvalue weighted by Crippen LogP contribution is -2.22. The first kappa shape index (κ1) is 17.2. The first-order chi connectivity index (χ1) is 12.1. The maximum absolute atomic E-state index is 12.2. The minimum Gasteiger partial charge on any atom is -0.338 e. The van der Waals surface area contributed by atoms with E-state index in [9.17, 15) is 4.79 Å². The predicted molar refractivity (Wildman–Crippen MR) is 100 cm³/mol. The van der Waals surface area contributed by atoms with E-state index in [1.807, 2.05) is 68.4 Å². The molecule has 0 aliphatic carbocycles. The molecule has 25 heavy (non-hydrogen) atoms. The summed E-state index contributed by atoms with van der Waals surface area (Å²) in [4.78, 5) is 16.6. The van der Waals surface area contributed by atoms with Crippen molar-refractivity contribution in [3.63, 3.8) is 0 Å². The lowest BCUT2D eigenvalue weighted by Gasteiger charge is -2.10. The molecular formula is C19H19N3O2S. The standard InChI is InChI=1S/C19H19N3O2S/c1-13-8-10-15(11-9-13)18-21-17(24-22-18)12-25-14(2)19(23)20-16-6-4-3-5-7-16/h3-11,14H,12H2,1-2H3,(H,20,23)/t14-/m0/s1. The lowest BCUT2D eigenvalue weighted by molar-refractivity contribution is -0.115. The number of carbonyl (C=O) groups excluding carboxylic acids is 1. The number of aryl methyl sites for hydroxylation is 1. The van der Waals surface area contributed by atoms with Crippen LogP contribution >= 0.6 is 11.8 Å². The molecule has 1 aromatic heterocycles. The quantitative estimate of drug-likeness (QED) is 0.715. The van der Waals surface area contributed by atoms with Crippen molar-refractivity contribution in [2.45, 2.75) is 24.9 Å². The summed E-state index contributed by atoms with van der Waals surface area (Å²) in [5.41, 5.74) is 2.89. The largest absolute Gasteiger partial charge is 0.338 e. The van der Waals surface area contributed by atoms with Gasteiger partial charge in [0.05, 0.1) is 11.0 Å². The molecule has 0 radical (unpaired) electrons. The summed E-state index contributed by atoms with van der Waals surface area (Å²) in [6.07, 6.45) is 0. The summed E-state index contributed by atoms with van der Waals surface area (Å²) in [6, 6.07) is 17.4. The molecule has 1 atom stereocenters.